The monoisotopic (exact) mass is 256 g/mol. The summed E-state index contributed by atoms with van der Waals surface area (Å²) in [5.41, 5.74) is 1.24. The van der Waals surface area contributed by atoms with Crippen LogP contribution in [0.25, 0.3) is 0 Å². The van der Waals surface area contributed by atoms with E-state index in [1.165, 1.54) is 5.56 Å². The van der Waals surface area contributed by atoms with Crippen LogP contribution in [0, 0.1) is 0 Å². The number of hydrogen-bond acceptors (Lipinski definition) is 2. The maximum Gasteiger partial charge on any atom is 0.162 e. The molecule has 14 heavy (non-hydrogen) atoms. The maximum atomic E-state index is 5.56. The first-order valence-electron chi connectivity index (χ1n) is 4.75. The van der Waals surface area contributed by atoms with E-state index in [1.54, 1.807) is 0 Å². The molecule has 1 aliphatic heterocycles. The van der Waals surface area contributed by atoms with Crippen LogP contribution in [0.5, 0.6) is 0 Å². The third kappa shape index (κ3) is 2.56. The van der Waals surface area contributed by atoms with Crippen LogP contribution in [0.2, 0.25) is 0 Å². The smallest absolute Gasteiger partial charge is 0.162 e. The summed E-state index contributed by atoms with van der Waals surface area (Å²) in [6.45, 7) is 2.74. The fraction of sp³-hybridized carbons (Fsp3) is 0.455. The summed E-state index contributed by atoms with van der Waals surface area (Å²) in [6, 6.07) is 8.24. The standard InChI is InChI=1S/C11H13BrO2/c1-8-7-13-11(14-8)6-9-2-4-10(12)5-3-9/h2-5,8,11H,6-7H2,1H3/t8-,11-/m0/s1. The van der Waals surface area contributed by atoms with Gasteiger partial charge >= 0.3 is 0 Å². The van der Waals surface area contributed by atoms with Crippen molar-refractivity contribution >= 4 is 15.9 Å². The molecular weight excluding hydrogens is 244 g/mol. The van der Waals surface area contributed by atoms with Crippen molar-refractivity contribution in [1.29, 1.82) is 0 Å². The molecule has 1 heterocycles. The zero-order chi connectivity index (χ0) is 9.97. The Labute approximate surface area is 92.3 Å². The third-order valence-electron chi connectivity index (χ3n) is 2.22. The van der Waals surface area contributed by atoms with Crippen molar-refractivity contribution < 1.29 is 9.47 Å². The Balaban J connectivity index is 1.94. The van der Waals surface area contributed by atoms with E-state index in [9.17, 15) is 0 Å². The second-order valence-corrected chi connectivity index (χ2v) is 4.46. The highest BCUT2D eigenvalue weighted by Gasteiger charge is 2.22. The lowest BCUT2D eigenvalue weighted by molar-refractivity contribution is -0.0528. The number of halogens is 1. The van der Waals surface area contributed by atoms with Gasteiger partial charge in [-0.05, 0) is 24.6 Å². The van der Waals surface area contributed by atoms with Gasteiger partial charge in [0, 0.05) is 10.9 Å². The van der Waals surface area contributed by atoms with Crippen LogP contribution in [-0.2, 0) is 15.9 Å². The van der Waals surface area contributed by atoms with E-state index in [2.05, 4.69) is 28.1 Å². The van der Waals surface area contributed by atoms with Crippen LogP contribution in [0.1, 0.15) is 12.5 Å². The second kappa shape index (κ2) is 4.43. The molecule has 0 unspecified atom stereocenters. The van der Waals surface area contributed by atoms with Crippen molar-refractivity contribution in [2.75, 3.05) is 6.61 Å². The zero-order valence-corrected chi connectivity index (χ0v) is 9.66. The van der Waals surface area contributed by atoms with Crippen molar-refractivity contribution in [3.8, 4) is 0 Å². The topological polar surface area (TPSA) is 18.5 Å². The lowest BCUT2D eigenvalue weighted by atomic mass is 10.1. The first kappa shape index (κ1) is 10.1. The first-order valence-corrected chi connectivity index (χ1v) is 5.55. The van der Waals surface area contributed by atoms with E-state index >= 15 is 0 Å². The van der Waals surface area contributed by atoms with Gasteiger partial charge in [-0.2, -0.15) is 0 Å². The Kier molecular flexibility index (Phi) is 3.21. The summed E-state index contributed by atoms with van der Waals surface area (Å²) < 4.78 is 12.1. The molecule has 0 saturated carbocycles. The first-order chi connectivity index (χ1) is 6.74. The molecule has 0 N–H and O–H groups in total. The van der Waals surface area contributed by atoms with Crippen LogP contribution >= 0.6 is 15.9 Å². The van der Waals surface area contributed by atoms with Crippen molar-refractivity contribution in [2.24, 2.45) is 0 Å². The molecule has 1 saturated heterocycles. The third-order valence-corrected chi connectivity index (χ3v) is 2.75. The van der Waals surface area contributed by atoms with E-state index in [4.69, 9.17) is 9.47 Å². The fourth-order valence-electron chi connectivity index (χ4n) is 1.50. The molecule has 1 aromatic rings. The minimum atomic E-state index is -0.0637. The highest BCUT2D eigenvalue weighted by Crippen LogP contribution is 2.17. The Morgan fingerprint density at radius 1 is 1.36 bits per heavy atom. The van der Waals surface area contributed by atoms with Gasteiger partial charge in [-0.25, -0.2) is 0 Å². The average Bonchev–Trinajstić information content (AvgIpc) is 2.56. The molecule has 0 spiro atoms. The predicted octanol–water partition coefficient (Wildman–Crippen LogP) is 2.75. The average molecular weight is 257 g/mol. The number of hydrogen-bond donors (Lipinski definition) is 0. The number of ether oxygens (including phenoxy) is 2. The molecule has 0 aliphatic carbocycles. The van der Waals surface area contributed by atoms with Gasteiger partial charge in [-0.3, -0.25) is 0 Å². The van der Waals surface area contributed by atoms with Crippen molar-refractivity contribution in [3.63, 3.8) is 0 Å². The maximum absolute atomic E-state index is 5.56. The fourth-order valence-corrected chi connectivity index (χ4v) is 1.76. The number of benzene rings is 1. The van der Waals surface area contributed by atoms with Gasteiger partial charge in [0.25, 0.3) is 0 Å². The molecule has 0 amide bonds. The molecule has 76 valence electrons. The molecule has 2 rings (SSSR count). The summed E-state index contributed by atoms with van der Waals surface area (Å²) in [4.78, 5) is 0. The minimum absolute atomic E-state index is 0.0637. The van der Waals surface area contributed by atoms with Crippen LogP contribution in [0.3, 0.4) is 0 Å². The molecule has 0 aromatic heterocycles. The Morgan fingerprint density at radius 2 is 2.07 bits per heavy atom. The Bertz CT molecular complexity index is 297. The van der Waals surface area contributed by atoms with Gasteiger partial charge in [0.15, 0.2) is 6.29 Å². The Morgan fingerprint density at radius 3 is 2.64 bits per heavy atom. The second-order valence-electron chi connectivity index (χ2n) is 3.54. The van der Waals surface area contributed by atoms with Crippen molar-refractivity contribution in [3.05, 3.63) is 34.3 Å². The molecule has 1 aliphatic rings. The van der Waals surface area contributed by atoms with Crippen LogP contribution in [-0.4, -0.2) is 19.0 Å². The van der Waals surface area contributed by atoms with Crippen LogP contribution in [0.15, 0.2) is 28.7 Å². The lowest BCUT2D eigenvalue weighted by Crippen LogP contribution is -2.12. The summed E-state index contributed by atoms with van der Waals surface area (Å²) in [5, 5.41) is 0. The molecule has 0 bridgehead atoms. The van der Waals surface area contributed by atoms with E-state index in [1.807, 2.05) is 19.1 Å². The summed E-state index contributed by atoms with van der Waals surface area (Å²) in [5.74, 6) is 0. The SMILES string of the molecule is C[C@H]1CO[C@H](Cc2ccc(Br)cc2)O1. The highest BCUT2D eigenvalue weighted by atomic mass is 79.9. The summed E-state index contributed by atoms with van der Waals surface area (Å²) >= 11 is 3.41. The van der Waals surface area contributed by atoms with E-state index in [0.29, 0.717) is 6.61 Å². The summed E-state index contributed by atoms with van der Waals surface area (Å²) in [7, 11) is 0. The van der Waals surface area contributed by atoms with Crippen LogP contribution < -0.4 is 0 Å². The number of rotatable bonds is 2. The van der Waals surface area contributed by atoms with E-state index in [-0.39, 0.29) is 12.4 Å². The molecular formula is C11H13BrO2. The van der Waals surface area contributed by atoms with E-state index in [0.717, 1.165) is 10.9 Å². The normalized spacial score (nSPS) is 26.7. The van der Waals surface area contributed by atoms with Gasteiger partial charge in [-0.15, -0.1) is 0 Å². The lowest BCUT2D eigenvalue weighted by Gasteiger charge is -2.09. The van der Waals surface area contributed by atoms with Crippen LogP contribution in [0.4, 0.5) is 0 Å². The quantitative estimate of drug-likeness (QED) is 0.811. The molecule has 3 heteroatoms. The predicted molar refractivity (Wildman–Crippen MR) is 58.1 cm³/mol. The molecule has 2 atom stereocenters. The van der Waals surface area contributed by atoms with Gasteiger partial charge in [0.2, 0.25) is 0 Å². The minimum Gasteiger partial charge on any atom is -0.350 e. The molecule has 1 fully saturated rings. The van der Waals surface area contributed by atoms with Crippen molar-refractivity contribution in [2.45, 2.75) is 25.7 Å². The van der Waals surface area contributed by atoms with E-state index < -0.39 is 0 Å². The molecule has 0 radical (unpaired) electrons. The van der Waals surface area contributed by atoms with Gasteiger partial charge in [0.1, 0.15) is 0 Å². The summed E-state index contributed by atoms with van der Waals surface area (Å²) in [6.07, 6.45) is 0.999. The van der Waals surface area contributed by atoms with Gasteiger partial charge in [0.05, 0.1) is 12.7 Å². The van der Waals surface area contributed by atoms with Gasteiger partial charge in [-0.1, -0.05) is 28.1 Å². The largest absolute Gasteiger partial charge is 0.350 e. The Hall–Kier alpha value is -0.380. The zero-order valence-electron chi connectivity index (χ0n) is 8.07. The molecule has 1 aromatic carbocycles. The van der Waals surface area contributed by atoms with Crippen molar-refractivity contribution in [1.82, 2.24) is 0 Å². The van der Waals surface area contributed by atoms with Gasteiger partial charge < -0.3 is 9.47 Å². The highest BCUT2D eigenvalue weighted by molar-refractivity contribution is 9.10. The molecule has 2 nitrogen and oxygen atoms in total.